The van der Waals surface area contributed by atoms with Gasteiger partial charge in [0.05, 0.1) is 19.8 Å². The van der Waals surface area contributed by atoms with Crippen LogP contribution in [-0.4, -0.2) is 59.0 Å². The minimum absolute atomic E-state index is 0.213. The van der Waals surface area contributed by atoms with E-state index in [0.717, 1.165) is 4.57 Å². The Kier molecular flexibility index (Phi) is 5.07. The van der Waals surface area contributed by atoms with Crippen molar-refractivity contribution in [2.75, 3.05) is 20.2 Å². The summed E-state index contributed by atoms with van der Waals surface area (Å²) in [6, 6.07) is 0. The molecule has 0 unspecified atom stereocenters. The van der Waals surface area contributed by atoms with Gasteiger partial charge in [-0.3, -0.25) is 4.90 Å². The van der Waals surface area contributed by atoms with Crippen LogP contribution in [0.2, 0.25) is 0 Å². The van der Waals surface area contributed by atoms with E-state index in [1.54, 1.807) is 6.92 Å². The summed E-state index contributed by atoms with van der Waals surface area (Å²) in [5.74, 6) is -0.190. The number of carbonyl (C=O) groups is 1. The molecule has 22 heavy (non-hydrogen) atoms. The van der Waals surface area contributed by atoms with Gasteiger partial charge in [0.15, 0.2) is 6.10 Å². The Morgan fingerprint density at radius 1 is 1.50 bits per heavy atom. The molecular formula is C13H18F3N3O3. The molecule has 1 aromatic rings. The standard InChI is InChI=1S/C13H18F3N3O3/c1-9-5-18(6-10(22-9)12(20)21-2)7-11-17-3-4-19(11)8-13(14,15)16/h3-4,9-10H,5-8H2,1-2H3/t9-,10+/m1/s1. The number of hydrogen-bond acceptors (Lipinski definition) is 5. The number of alkyl halides is 3. The average molecular weight is 321 g/mol. The van der Waals surface area contributed by atoms with E-state index in [-0.39, 0.29) is 19.2 Å². The van der Waals surface area contributed by atoms with Crippen LogP contribution in [0.1, 0.15) is 12.7 Å². The van der Waals surface area contributed by atoms with Gasteiger partial charge in [-0.2, -0.15) is 13.2 Å². The van der Waals surface area contributed by atoms with Crippen LogP contribution >= 0.6 is 0 Å². The van der Waals surface area contributed by atoms with E-state index in [1.165, 1.54) is 19.5 Å². The molecular weight excluding hydrogens is 303 g/mol. The number of esters is 1. The summed E-state index contributed by atoms with van der Waals surface area (Å²) < 4.78 is 48.7. The van der Waals surface area contributed by atoms with Crippen molar-refractivity contribution >= 4 is 5.97 Å². The lowest BCUT2D eigenvalue weighted by Gasteiger charge is -2.35. The summed E-state index contributed by atoms with van der Waals surface area (Å²) >= 11 is 0. The van der Waals surface area contributed by atoms with E-state index in [9.17, 15) is 18.0 Å². The van der Waals surface area contributed by atoms with Crippen LogP contribution in [0.5, 0.6) is 0 Å². The Morgan fingerprint density at radius 2 is 2.23 bits per heavy atom. The van der Waals surface area contributed by atoms with Crippen LogP contribution in [0.3, 0.4) is 0 Å². The molecule has 1 aliphatic rings. The molecule has 2 heterocycles. The topological polar surface area (TPSA) is 56.6 Å². The van der Waals surface area contributed by atoms with Gasteiger partial charge in [0.25, 0.3) is 0 Å². The zero-order valence-electron chi connectivity index (χ0n) is 12.3. The van der Waals surface area contributed by atoms with E-state index in [4.69, 9.17) is 4.74 Å². The number of ether oxygens (including phenoxy) is 2. The van der Waals surface area contributed by atoms with E-state index >= 15 is 0 Å². The third kappa shape index (κ3) is 4.44. The van der Waals surface area contributed by atoms with Gasteiger partial charge in [-0.25, -0.2) is 9.78 Å². The number of morpholine rings is 1. The zero-order valence-corrected chi connectivity index (χ0v) is 12.3. The lowest BCUT2D eigenvalue weighted by atomic mass is 10.2. The summed E-state index contributed by atoms with van der Waals surface area (Å²) in [6.07, 6.45) is -2.63. The molecule has 0 saturated carbocycles. The monoisotopic (exact) mass is 321 g/mol. The van der Waals surface area contributed by atoms with E-state index < -0.39 is 24.8 Å². The van der Waals surface area contributed by atoms with Crippen LogP contribution in [0.15, 0.2) is 12.4 Å². The molecule has 0 aliphatic carbocycles. The molecule has 1 fully saturated rings. The Morgan fingerprint density at radius 3 is 2.86 bits per heavy atom. The van der Waals surface area contributed by atoms with E-state index in [0.29, 0.717) is 12.4 Å². The molecule has 0 aromatic carbocycles. The lowest BCUT2D eigenvalue weighted by Crippen LogP contribution is -2.49. The zero-order chi connectivity index (χ0) is 16.3. The van der Waals surface area contributed by atoms with Gasteiger partial charge in [-0.15, -0.1) is 0 Å². The van der Waals surface area contributed by atoms with Gasteiger partial charge in [0.1, 0.15) is 12.4 Å². The molecule has 0 bridgehead atoms. The highest BCUT2D eigenvalue weighted by molar-refractivity contribution is 5.74. The van der Waals surface area contributed by atoms with Crippen molar-refractivity contribution in [2.24, 2.45) is 0 Å². The summed E-state index contributed by atoms with van der Waals surface area (Å²) in [7, 11) is 1.27. The number of imidazole rings is 1. The minimum Gasteiger partial charge on any atom is -0.467 e. The van der Waals surface area contributed by atoms with Crippen LogP contribution in [0.4, 0.5) is 13.2 Å². The maximum atomic E-state index is 12.5. The fourth-order valence-corrected chi connectivity index (χ4v) is 2.46. The first-order valence-electron chi connectivity index (χ1n) is 6.81. The molecule has 2 rings (SSSR count). The molecule has 0 N–H and O–H groups in total. The summed E-state index contributed by atoms with van der Waals surface area (Å²) in [5.41, 5.74) is 0. The van der Waals surface area contributed by atoms with Gasteiger partial charge in [-0.05, 0) is 6.92 Å². The molecule has 0 radical (unpaired) electrons. The second-order valence-corrected chi connectivity index (χ2v) is 5.24. The first-order chi connectivity index (χ1) is 10.3. The van der Waals surface area contributed by atoms with Gasteiger partial charge in [0.2, 0.25) is 0 Å². The van der Waals surface area contributed by atoms with Gasteiger partial charge in [-0.1, -0.05) is 0 Å². The quantitative estimate of drug-likeness (QED) is 0.780. The van der Waals surface area contributed by atoms with E-state index in [1.807, 2.05) is 4.90 Å². The molecule has 6 nitrogen and oxygen atoms in total. The second-order valence-electron chi connectivity index (χ2n) is 5.24. The largest absolute Gasteiger partial charge is 0.467 e. The second kappa shape index (κ2) is 6.66. The fraction of sp³-hybridized carbons (Fsp3) is 0.692. The number of methoxy groups -OCH3 is 1. The molecule has 1 saturated heterocycles. The predicted molar refractivity (Wildman–Crippen MR) is 69.9 cm³/mol. The highest BCUT2D eigenvalue weighted by Crippen LogP contribution is 2.20. The Balaban J connectivity index is 2.04. The maximum absolute atomic E-state index is 12.5. The Hall–Kier alpha value is -1.61. The maximum Gasteiger partial charge on any atom is 0.406 e. The first-order valence-corrected chi connectivity index (χ1v) is 6.81. The summed E-state index contributed by atoms with van der Waals surface area (Å²) in [4.78, 5) is 17.4. The summed E-state index contributed by atoms with van der Waals surface area (Å²) in [6.45, 7) is 1.69. The van der Waals surface area contributed by atoms with Crippen molar-refractivity contribution in [3.63, 3.8) is 0 Å². The summed E-state index contributed by atoms with van der Waals surface area (Å²) in [5, 5.41) is 0. The molecule has 1 aliphatic heterocycles. The van der Waals surface area contributed by atoms with Crippen LogP contribution in [-0.2, 0) is 27.4 Å². The SMILES string of the molecule is COC(=O)[C@@H]1CN(Cc2nccn2CC(F)(F)F)C[C@@H](C)O1. The van der Waals surface area contributed by atoms with Crippen molar-refractivity contribution in [3.8, 4) is 0 Å². The van der Waals surface area contributed by atoms with Gasteiger partial charge < -0.3 is 14.0 Å². The van der Waals surface area contributed by atoms with Crippen LogP contribution in [0.25, 0.3) is 0 Å². The van der Waals surface area contributed by atoms with Crippen molar-refractivity contribution in [1.82, 2.24) is 14.5 Å². The third-order valence-electron chi connectivity index (χ3n) is 3.32. The average Bonchev–Trinajstić information content (AvgIpc) is 2.82. The molecule has 0 spiro atoms. The third-order valence-corrected chi connectivity index (χ3v) is 3.32. The normalized spacial score (nSPS) is 23.5. The molecule has 2 atom stereocenters. The molecule has 9 heteroatoms. The van der Waals surface area contributed by atoms with Crippen molar-refractivity contribution < 1.29 is 27.4 Å². The Labute approximate surface area is 125 Å². The van der Waals surface area contributed by atoms with Gasteiger partial charge in [0, 0.05) is 25.5 Å². The number of rotatable bonds is 4. The molecule has 124 valence electrons. The minimum atomic E-state index is -4.30. The molecule has 0 amide bonds. The van der Waals surface area contributed by atoms with Crippen LogP contribution < -0.4 is 0 Å². The van der Waals surface area contributed by atoms with Crippen molar-refractivity contribution in [2.45, 2.75) is 38.4 Å². The Bertz CT molecular complexity index is 518. The molecule has 1 aromatic heterocycles. The highest BCUT2D eigenvalue weighted by Gasteiger charge is 2.33. The predicted octanol–water partition coefficient (Wildman–Crippen LogP) is 1.21. The fourth-order valence-electron chi connectivity index (χ4n) is 2.46. The number of hydrogen-bond donors (Lipinski definition) is 0. The number of carbonyl (C=O) groups excluding carboxylic acids is 1. The lowest BCUT2D eigenvalue weighted by molar-refractivity contribution is -0.166. The van der Waals surface area contributed by atoms with Gasteiger partial charge >= 0.3 is 12.1 Å². The smallest absolute Gasteiger partial charge is 0.406 e. The first kappa shape index (κ1) is 16.8. The number of halogens is 3. The van der Waals surface area contributed by atoms with E-state index in [2.05, 4.69) is 9.72 Å². The van der Waals surface area contributed by atoms with Crippen molar-refractivity contribution in [1.29, 1.82) is 0 Å². The highest BCUT2D eigenvalue weighted by atomic mass is 19.4. The number of aromatic nitrogens is 2. The van der Waals surface area contributed by atoms with Crippen LogP contribution in [0, 0.1) is 0 Å². The number of nitrogens with zero attached hydrogens (tertiary/aromatic N) is 3. The van der Waals surface area contributed by atoms with Crippen molar-refractivity contribution in [3.05, 3.63) is 18.2 Å².